The molecule has 0 fully saturated rings. The predicted octanol–water partition coefficient (Wildman–Crippen LogP) is 6.64. The third-order valence-electron chi connectivity index (χ3n) is 5.88. The van der Waals surface area contributed by atoms with Crippen LogP contribution in [-0.4, -0.2) is 28.0 Å². The van der Waals surface area contributed by atoms with Crippen LogP contribution >= 0.6 is 0 Å². The van der Waals surface area contributed by atoms with E-state index in [4.69, 9.17) is 4.42 Å². The van der Waals surface area contributed by atoms with E-state index in [1.165, 1.54) is 10.8 Å². The van der Waals surface area contributed by atoms with E-state index < -0.39 is 8.07 Å². The molecule has 37 heavy (non-hydrogen) atoms. The molecule has 0 saturated heterocycles. The molecule has 0 aliphatic carbocycles. The van der Waals surface area contributed by atoms with Crippen LogP contribution in [0.2, 0.25) is 19.6 Å². The van der Waals surface area contributed by atoms with Crippen molar-refractivity contribution in [3.05, 3.63) is 103 Å². The maximum atomic E-state index is 5.92. The molecule has 0 bridgehead atoms. The van der Waals surface area contributed by atoms with E-state index in [9.17, 15) is 0 Å². The summed E-state index contributed by atoms with van der Waals surface area (Å²) < 4.78 is 5.92. The molecular weight excluding hydrogens is 653 g/mol. The summed E-state index contributed by atoms with van der Waals surface area (Å²) in [6.45, 7) is 8.96. The van der Waals surface area contributed by atoms with Gasteiger partial charge in [-0.2, -0.15) is 0 Å². The van der Waals surface area contributed by atoms with Gasteiger partial charge in [0.1, 0.15) is 0 Å². The molecule has 0 aliphatic rings. The van der Waals surface area contributed by atoms with Gasteiger partial charge >= 0.3 is 0 Å². The van der Waals surface area contributed by atoms with Crippen molar-refractivity contribution in [2.45, 2.75) is 26.6 Å². The Labute approximate surface area is 231 Å². The van der Waals surface area contributed by atoms with Gasteiger partial charge < -0.3 is 19.4 Å². The number of fused-ring (bicyclic) bond motifs is 3. The molecule has 0 saturated carbocycles. The second-order valence-electron chi connectivity index (χ2n) is 9.63. The topological polar surface area (TPSA) is 64.7 Å². The summed E-state index contributed by atoms with van der Waals surface area (Å²) in [5.74, 6) is 0. The largest absolute Gasteiger partial charge is 0.486 e. The summed E-state index contributed by atoms with van der Waals surface area (Å²) in [6.07, 6.45) is 10.4. The summed E-state index contributed by atoms with van der Waals surface area (Å²) in [5.41, 5.74) is 6.16. The van der Waals surface area contributed by atoms with Gasteiger partial charge in [0.05, 0.1) is 13.7 Å². The van der Waals surface area contributed by atoms with Crippen LogP contribution in [0.1, 0.15) is 5.56 Å². The van der Waals surface area contributed by atoms with Crippen LogP contribution in [0.5, 0.6) is 0 Å². The van der Waals surface area contributed by atoms with Gasteiger partial charge in [-0.25, -0.2) is 4.98 Å². The molecule has 0 amide bonds. The van der Waals surface area contributed by atoms with Crippen LogP contribution in [0.15, 0.2) is 89.9 Å². The summed E-state index contributed by atoms with van der Waals surface area (Å²) >= 11 is 0. The maximum absolute atomic E-state index is 5.92. The molecule has 5 nitrogen and oxygen atoms in total. The molecule has 0 N–H and O–H groups in total. The third-order valence-corrected chi connectivity index (χ3v) is 7.91. The van der Waals surface area contributed by atoms with Crippen LogP contribution in [0.4, 0.5) is 0 Å². The fourth-order valence-electron chi connectivity index (χ4n) is 3.82. The van der Waals surface area contributed by atoms with Crippen molar-refractivity contribution >= 4 is 35.3 Å². The average molecular weight is 679 g/mol. The molecule has 0 unspecified atom stereocenters. The Bertz CT molecular complexity index is 1610. The fraction of sp³-hybridized carbons (Fsp3) is 0.133. The second kappa shape index (κ2) is 11.3. The smallest absolute Gasteiger partial charge is 0.216 e. The predicted molar refractivity (Wildman–Crippen MR) is 148 cm³/mol. The van der Waals surface area contributed by atoms with Gasteiger partial charge in [-0.1, -0.05) is 49.5 Å². The van der Waals surface area contributed by atoms with E-state index in [2.05, 4.69) is 64.0 Å². The Morgan fingerprint density at radius 1 is 0.784 bits per heavy atom. The van der Waals surface area contributed by atoms with Gasteiger partial charge in [-0.05, 0) is 59.0 Å². The normalized spacial score (nSPS) is 11.0. The molecule has 187 valence electrons. The Kier molecular flexibility index (Phi) is 8.08. The average Bonchev–Trinajstić information content (AvgIpc) is 3.29. The number of pyridine rings is 4. The van der Waals surface area contributed by atoms with E-state index in [0.717, 1.165) is 38.9 Å². The first-order chi connectivity index (χ1) is 17.4. The molecule has 7 heteroatoms. The van der Waals surface area contributed by atoms with E-state index in [1.807, 2.05) is 67.8 Å². The minimum atomic E-state index is -1.36. The zero-order chi connectivity index (χ0) is 25.1. The quantitative estimate of drug-likeness (QED) is 0.155. The van der Waals surface area contributed by atoms with Gasteiger partial charge in [0.2, 0.25) is 5.71 Å². The zero-order valence-electron chi connectivity index (χ0n) is 21.1. The molecule has 0 atom stereocenters. The van der Waals surface area contributed by atoms with E-state index >= 15 is 0 Å². The molecule has 1 radical (unpaired) electrons. The number of rotatable bonds is 3. The molecule has 0 spiro atoms. The third kappa shape index (κ3) is 5.91. The first-order valence-electron chi connectivity index (χ1n) is 11.8. The zero-order valence-corrected chi connectivity index (χ0v) is 24.5. The van der Waals surface area contributed by atoms with Crippen LogP contribution in [0, 0.1) is 19.2 Å². The number of furan rings is 1. The van der Waals surface area contributed by atoms with Crippen molar-refractivity contribution in [1.82, 2.24) is 19.9 Å². The monoisotopic (exact) mass is 679 g/mol. The molecule has 1 aromatic carbocycles. The van der Waals surface area contributed by atoms with Crippen LogP contribution in [-0.2, 0) is 20.1 Å². The van der Waals surface area contributed by atoms with Crippen LogP contribution in [0.25, 0.3) is 44.6 Å². The first-order valence-corrected chi connectivity index (χ1v) is 15.3. The molecule has 5 aromatic heterocycles. The van der Waals surface area contributed by atoms with Crippen LogP contribution in [0.3, 0.4) is 0 Å². The molecular formula is C30H26IrN4OSi-2. The van der Waals surface area contributed by atoms with Gasteiger partial charge in [0.25, 0.3) is 0 Å². The van der Waals surface area contributed by atoms with Crippen molar-refractivity contribution < 1.29 is 24.5 Å². The van der Waals surface area contributed by atoms with Crippen molar-refractivity contribution in [3.63, 3.8) is 0 Å². The van der Waals surface area contributed by atoms with E-state index in [0.29, 0.717) is 5.71 Å². The van der Waals surface area contributed by atoms with Crippen molar-refractivity contribution in [2.24, 2.45) is 0 Å². The summed E-state index contributed by atoms with van der Waals surface area (Å²) in [6, 6.07) is 23.1. The second-order valence-corrected chi connectivity index (χ2v) is 14.7. The molecule has 6 aromatic rings. The number of hydrogen-bond donors (Lipinski definition) is 0. The minimum Gasteiger partial charge on any atom is -0.486 e. The van der Waals surface area contributed by atoms with Gasteiger partial charge in [-0.15, -0.1) is 35.9 Å². The van der Waals surface area contributed by atoms with Crippen molar-refractivity contribution in [2.75, 3.05) is 0 Å². The number of nitrogens with zero attached hydrogens (tertiary/aromatic N) is 4. The Hall–Kier alpha value is -3.51. The van der Waals surface area contributed by atoms with Crippen molar-refractivity contribution in [1.29, 1.82) is 0 Å². The number of hydrogen-bond acceptors (Lipinski definition) is 5. The fourth-order valence-corrected chi connectivity index (χ4v) is 4.85. The maximum Gasteiger partial charge on any atom is 0.216 e. The van der Waals surface area contributed by atoms with Gasteiger partial charge in [0, 0.05) is 44.1 Å². The first kappa shape index (κ1) is 26.5. The van der Waals surface area contributed by atoms with Gasteiger partial charge in [-0.3, -0.25) is 0 Å². The Morgan fingerprint density at radius 3 is 2.27 bits per heavy atom. The van der Waals surface area contributed by atoms with Crippen molar-refractivity contribution in [3.8, 4) is 22.5 Å². The Balaban J connectivity index is 0.000000195. The number of aryl methyl sites for hydroxylation is 1. The van der Waals surface area contributed by atoms with Crippen LogP contribution < -0.4 is 5.19 Å². The number of aromatic nitrogens is 4. The SMILES string of the molecule is C[Si](C)(C)c1ccc(-c2[c-]ncc3c2oc2ncccc23)nc1.Cc1ccc(-c2[c-]cccc2)nc1.[Ir]. The van der Waals surface area contributed by atoms with E-state index in [-0.39, 0.29) is 20.1 Å². The molecule has 6 rings (SSSR count). The minimum absolute atomic E-state index is 0. The molecule has 0 aliphatic heterocycles. The van der Waals surface area contributed by atoms with E-state index in [1.54, 1.807) is 12.4 Å². The number of benzene rings is 1. The summed E-state index contributed by atoms with van der Waals surface area (Å²) in [4.78, 5) is 17.5. The summed E-state index contributed by atoms with van der Waals surface area (Å²) in [5, 5.41) is 3.23. The molecule has 5 heterocycles. The standard InChI is InChI=1S/C18H16N3OSi.C12H10N.Ir/c1-23(2,3)12-6-7-16(21-9-12)15-11-19-10-14-13-5-4-8-20-18(13)22-17(14)15;1-10-7-8-12(13-9-10)11-5-3-2-4-6-11;/h4-10H,1-3H3;2-5,7-9H,1H3;/q2*-1;. The summed E-state index contributed by atoms with van der Waals surface area (Å²) in [7, 11) is -1.36. The van der Waals surface area contributed by atoms with Gasteiger partial charge in [0.15, 0.2) is 0 Å². The Morgan fingerprint density at radius 2 is 1.59 bits per heavy atom.